The average molecular weight is 263 g/mol. The maximum Gasteiger partial charge on any atom is 0.287 e. The van der Waals surface area contributed by atoms with E-state index in [0.717, 1.165) is 24.2 Å². The van der Waals surface area contributed by atoms with Crippen LogP contribution in [0.15, 0.2) is 12.3 Å². The summed E-state index contributed by atoms with van der Waals surface area (Å²) in [7, 11) is 0. The molecule has 0 aromatic carbocycles. The Labute approximate surface area is 113 Å². The molecular formula is C14H21N3O2. The first-order valence-electron chi connectivity index (χ1n) is 7.04. The first-order valence-corrected chi connectivity index (χ1v) is 7.04. The molecule has 5 nitrogen and oxygen atoms in total. The van der Waals surface area contributed by atoms with Gasteiger partial charge in [-0.05, 0) is 25.3 Å². The molecule has 0 spiro atoms. The van der Waals surface area contributed by atoms with E-state index in [-0.39, 0.29) is 5.69 Å². The molecule has 5 heteroatoms. The molecule has 19 heavy (non-hydrogen) atoms. The van der Waals surface area contributed by atoms with Gasteiger partial charge in [0.1, 0.15) is 12.0 Å². The van der Waals surface area contributed by atoms with Crippen molar-refractivity contribution >= 4 is 11.5 Å². The summed E-state index contributed by atoms with van der Waals surface area (Å²) in [6, 6.07) is 2.03. The highest BCUT2D eigenvalue weighted by atomic mass is 16.6. The molecule has 0 atom stereocenters. The van der Waals surface area contributed by atoms with E-state index in [1.165, 1.54) is 38.3 Å². The second-order valence-corrected chi connectivity index (χ2v) is 5.30. The van der Waals surface area contributed by atoms with Crippen molar-refractivity contribution in [2.75, 3.05) is 5.32 Å². The third-order valence-electron chi connectivity index (χ3n) is 3.72. The third-order valence-corrected chi connectivity index (χ3v) is 3.72. The fraction of sp³-hybridized carbons (Fsp3) is 0.643. The molecule has 0 aliphatic heterocycles. The summed E-state index contributed by atoms with van der Waals surface area (Å²) in [5.74, 6) is 0.788. The molecule has 0 amide bonds. The molecule has 1 aromatic rings. The van der Waals surface area contributed by atoms with Crippen molar-refractivity contribution in [1.29, 1.82) is 0 Å². The Bertz CT molecular complexity index is 440. The Morgan fingerprint density at radius 3 is 2.47 bits per heavy atom. The molecule has 1 fully saturated rings. The van der Waals surface area contributed by atoms with Gasteiger partial charge in [0, 0.05) is 12.1 Å². The van der Waals surface area contributed by atoms with Gasteiger partial charge in [0.25, 0.3) is 5.69 Å². The SMILES string of the molecule is Cc1cc([N+](=O)[O-])cnc1NC1CCCCCCC1. The van der Waals surface area contributed by atoms with Gasteiger partial charge in [-0.15, -0.1) is 0 Å². The number of aromatic nitrogens is 1. The normalized spacial score (nSPS) is 17.5. The Hall–Kier alpha value is -1.65. The van der Waals surface area contributed by atoms with Crippen molar-refractivity contribution in [3.63, 3.8) is 0 Å². The number of hydrogen-bond acceptors (Lipinski definition) is 4. The maximum absolute atomic E-state index is 10.7. The summed E-state index contributed by atoms with van der Waals surface area (Å²) in [5.41, 5.74) is 0.900. The Morgan fingerprint density at radius 1 is 1.26 bits per heavy atom. The van der Waals surface area contributed by atoms with Gasteiger partial charge in [0.05, 0.1) is 4.92 Å². The predicted molar refractivity (Wildman–Crippen MR) is 75.4 cm³/mol. The van der Waals surface area contributed by atoms with Crippen molar-refractivity contribution in [2.45, 2.75) is 57.9 Å². The second-order valence-electron chi connectivity index (χ2n) is 5.30. The number of nitrogens with zero attached hydrogens (tertiary/aromatic N) is 2. The molecule has 1 N–H and O–H groups in total. The number of anilines is 1. The van der Waals surface area contributed by atoms with Crippen LogP contribution in [0.4, 0.5) is 11.5 Å². The standard InChI is InChI=1S/C14H21N3O2/c1-11-9-13(17(18)19)10-15-14(11)16-12-7-5-3-2-4-6-8-12/h9-10,12H,2-8H2,1H3,(H,15,16). The molecule has 104 valence electrons. The van der Waals surface area contributed by atoms with Crippen LogP contribution in [0.1, 0.15) is 50.5 Å². The maximum atomic E-state index is 10.7. The van der Waals surface area contributed by atoms with Gasteiger partial charge >= 0.3 is 0 Å². The molecule has 0 radical (unpaired) electrons. The highest BCUT2D eigenvalue weighted by Crippen LogP contribution is 2.23. The van der Waals surface area contributed by atoms with Crippen LogP contribution >= 0.6 is 0 Å². The number of hydrogen-bond donors (Lipinski definition) is 1. The van der Waals surface area contributed by atoms with E-state index in [9.17, 15) is 10.1 Å². The van der Waals surface area contributed by atoms with Gasteiger partial charge in [0.15, 0.2) is 0 Å². The first kappa shape index (κ1) is 13.8. The van der Waals surface area contributed by atoms with Crippen molar-refractivity contribution in [1.82, 2.24) is 4.98 Å². The molecule has 1 aliphatic rings. The Morgan fingerprint density at radius 2 is 1.89 bits per heavy atom. The van der Waals surface area contributed by atoms with Gasteiger partial charge in [-0.3, -0.25) is 10.1 Å². The van der Waals surface area contributed by atoms with Crippen LogP contribution in [-0.2, 0) is 0 Å². The van der Waals surface area contributed by atoms with Gasteiger partial charge in [0.2, 0.25) is 0 Å². The molecule has 1 aromatic heterocycles. The minimum atomic E-state index is -0.403. The van der Waals surface area contributed by atoms with Gasteiger partial charge < -0.3 is 5.32 Å². The van der Waals surface area contributed by atoms with Crippen molar-refractivity contribution in [3.05, 3.63) is 27.9 Å². The molecule has 0 bridgehead atoms. The van der Waals surface area contributed by atoms with Crippen LogP contribution in [0.3, 0.4) is 0 Å². The smallest absolute Gasteiger partial charge is 0.287 e. The average Bonchev–Trinajstić information content (AvgIpc) is 2.34. The van der Waals surface area contributed by atoms with Crippen LogP contribution in [0.5, 0.6) is 0 Å². The van der Waals surface area contributed by atoms with Crippen molar-refractivity contribution in [2.24, 2.45) is 0 Å². The van der Waals surface area contributed by atoms with E-state index >= 15 is 0 Å². The molecule has 2 rings (SSSR count). The fourth-order valence-corrected chi connectivity index (χ4v) is 2.60. The zero-order valence-electron chi connectivity index (χ0n) is 11.4. The lowest BCUT2D eigenvalue weighted by atomic mass is 9.96. The zero-order valence-corrected chi connectivity index (χ0v) is 11.4. The summed E-state index contributed by atoms with van der Waals surface area (Å²) in [6.45, 7) is 1.87. The fourth-order valence-electron chi connectivity index (χ4n) is 2.60. The first-order chi connectivity index (χ1) is 9.16. The molecular weight excluding hydrogens is 242 g/mol. The number of nitro groups is 1. The van der Waals surface area contributed by atoms with E-state index in [4.69, 9.17) is 0 Å². The van der Waals surface area contributed by atoms with E-state index in [0.29, 0.717) is 6.04 Å². The largest absolute Gasteiger partial charge is 0.367 e. The molecule has 1 saturated carbocycles. The molecule has 0 saturated heterocycles. The Kier molecular flexibility index (Phi) is 4.71. The topological polar surface area (TPSA) is 68.1 Å². The third kappa shape index (κ3) is 3.91. The zero-order chi connectivity index (χ0) is 13.7. The minimum absolute atomic E-state index is 0.0562. The summed E-state index contributed by atoms with van der Waals surface area (Å²) < 4.78 is 0. The van der Waals surface area contributed by atoms with E-state index < -0.39 is 4.92 Å². The summed E-state index contributed by atoms with van der Waals surface area (Å²) in [4.78, 5) is 14.5. The van der Waals surface area contributed by atoms with E-state index in [2.05, 4.69) is 10.3 Å². The number of aryl methyl sites for hydroxylation is 1. The van der Waals surface area contributed by atoms with E-state index in [1.807, 2.05) is 6.92 Å². The lowest BCUT2D eigenvalue weighted by Gasteiger charge is -2.22. The quantitative estimate of drug-likeness (QED) is 0.665. The minimum Gasteiger partial charge on any atom is -0.367 e. The number of pyridine rings is 1. The van der Waals surface area contributed by atoms with Gasteiger partial charge in [-0.1, -0.05) is 32.1 Å². The van der Waals surface area contributed by atoms with Crippen molar-refractivity contribution < 1.29 is 4.92 Å². The lowest BCUT2D eigenvalue weighted by molar-refractivity contribution is -0.385. The summed E-state index contributed by atoms with van der Waals surface area (Å²) in [6.07, 6.45) is 10.1. The summed E-state index contributed by atoms with van der Waals surface area (Å²) in [5, 5.41) is 14.1. The number of nitrogens with one attached hydrogen (secondary N) is 1. The number of rotatable bonds is 3. The molecule has 0 unspecified atom stereocenters. The van der Waals surface area contributed by atoms with Crippen LogP contribution in [0, 0.1) is 17.0 Å². The van der Waals surface area contributed by atoms with Crippen LogP contribution < -0.4 is 5.32 Å². The lowest BCUT2D eigenvalue weighted by Crippen LogP contribution is -2.21. The second kappa shape index (κ2) is 6.50. The summed E-state index contributed by atoms with van der Waals surface area (Å²) >= 11 is 0. The van der Waals surface area contributed by atoms with Gasteiger partial charge in [-0.2, -0.15) is 0 Å². The van der Waals surface area contributed by atoms with Crippen molar-refractivity contribution in [3.8, 4) is 0 Å². The van der Waals surface area contributed by atoms with Gasteiger partial charge in [-0.25, -0.2) is 4.98 Å². The monoisotopic (exact) mass is 263 g/mol. The molecule has 1 aliphatic carbocycles. The van der Waals surface area contributed by atoms with Crippen LogP contribution in [-0.4, -0.2) is 15.9 Å². The Balaban J connectivity index is 2.03. The molecule has 1 heterocycles. The van der Waals surface area contributed by atoms with Crippen LogP contribution in [0.2, 0.25) is 0 Å². The highest BCUT2D eigenvalue weighted by molar-refractivity contribution is 5.48. The predicted octanol–water partition coefficient (Wildman–Crippen LogP) is 3.82. The van der Waals surface area contributed by atoms with Crippen LogP contribution in [0.25, 0.3) is 0 Å². The highest BCUT2D eigenvalue weighted by Gasteiger charge is 2.14. The van der Waals surface area contributed by atoms with E-state index in [1.54, 1.807) is 6.07 Å².